The molecule has 0 aromatic carbocycles. The number of aliphatic hydroxyl groups is 5. The van der Waals surface area contributed by atoms with Gasteiger partial charge in [-0.15, -0.1) is 0 Å². The molecule has 0 bridgehead atoms. The molecule has 0 spiro atoms. The van der Waals surface area contributed by atoms with Crippen molar-refractivity contribution in [1.82, 2.24) is 0 Å². The maximum absolute atomic E-state index is 12.8. The summed E-state index contributed by atoms with van der Waals surface area (Å²) < 4.78 is 33.4. The second-order valence-corrected chi connectivity index (χ2v) is 16.3. The Morgan fingerprint density at radius 2 is 0.944 bits per heavy atom. The molecule has 1 saturated carbocycles. The molecule has 1 fully saturated rings. The minimum atomic E-state index is -5.11. The Morgan fingerprint density at radius 3 is 1.43 bits per heavy atom. The number of allylic oxidation sites excluding steroid dienone is 2. The third kappa shape index (κ3) is 24.3. The average molecular weight is 795 g/mol. The van der Waals surface area contributed by atoms with Crippen LogP contribution in [0.1, 0.15) is 174 Å². The van der Waals surface area contributed by atoms with Crippen molar-refractivity contribution in [2.75, 3.05) is 13.2 Å². The van der Waals surface area contributed by atoms with Crippen LogP contribution in [0.3, 0.4) is 0 Å². The van der Waals surface area contributed by atoms with Gasteiger partial charge in [-0.05, 0) is 38.5 Å². The van der Waals surface area contributed by atoms with Crippen LogP contribution in [0.15, 0.2) is 12.2 Å². The minimum absolute atomic E-state index is 0.0997. The summed E-state index contributed by atoms with van der Waals surface area (Å²) in [7, 11) is -5.11. The molecule has 1 aliphatic carbocycles. The topological polar surface area (TPSA) is 210 Å². The second-order valence-electron chi connectivity index (χ2n) is 14.8. The van der Waals surface area contributed by atoms with Gasteiger partial charge in [-0.2, -0.15) is 0 Å². The second kappa shape index (κ2) is 31.6. The van der Waals surface area contributed by atoms with Crippen molar-refractivity contribution in [3.8, 4) is 0 Å². The summed E-state index contributed by atoms with van der Waals surface area (Å²) in [5, 5.41) is 50.0. The first kappa shape index (κ1) is 50.6. The summed E-state index contributed by atoms with van der Waals surface area (Å²) in [6, 6.07) is 0. The van der Waals surface area contributed by atoms with Gasteiger partial charge in [0.15, 0.2) is 6.10 Å². The Bertz CT molecular complexity index is 1010. The Hall–Kier alpha value is -1.41. The van der Waals surface area contributed by atoms with E-state index in [4.69, 9.17) is 18.5 Å². The van der Waals surface area contributed by atoms with Crippen molar-refractivity contribution in [3.05, 3.63) is 12.2 Å². The van der Waals surface area contributed by atoms with Crippen LogP contribution in [0.4, 0.5) is 0 Å². The molecule has 14 heteroatoms. The molecule has 1 rings (SSSR count). The highest BCUT2D eigenvalue weighted by molar-refractivity contribution is 7.47. The summed E-state index contributed by atoms with van der Waals surface area (Å²) in [6.07, 6.45) is 17.1. The predicted octanol–water partition coefficient (Wildman–Crippen LogP) is 7.11. The Labute approximate surface area is 324 Å². The number of esters is 2. The zero-order valence-electron chi connectivity index (χ0n) is 33.3. The number of hydrogen-bond donors (Lipinski definition) is 6. The van der Waals surface area contributed by atoms with Crippen molar-refractivity contribution in [2.45, 2.75) is 217 Å². The zero-order chi connectivity index (χ0) is 40.0. The molecule has 0 aromatic heterocycles. The molecule has 6 unspecified atom stereocenters. The Morgan fingerprint density at radius 1 is 0.556 bits per heavy atom. The highest BCUT2D eigenvalue weighted by Crippen LogP contribution is 2.47. The minimum Gasteiger partial charge on any atom is -0.462 e. The molecule has 0 radical (unpaired) electrons. The van der Waals surface area contributed by atoms with Crippen LogP contribution in [0.2, 0.25) is 0 Å². The lowest BCUT2D eigenvalue weighted by Gasteiger charge is -2.41. The van der Waals surface area contributed by atoms with Crippen LogP contribution in [-0.4, -0.2) is 98.3 Å². The average Bonchev–Trinajstić information content (AvgIpc) is 3.15. The first-order valence-corrected chi connectivity index (χ1v) is 22.5. The number of ether oxygens (including phenoxy) is 2. The van der Waals surface area contributed by atoms with Gasteiger partial charge in [0, 0.05) is 12.8 Å². The summed E-state index contributed by atoms with van der Waals surface area (Å²) in [4.78, 5) is 35.5. The third-order valence-corrected chi connectivity index (χ3v) is 10.8. The summed E-state index contributed by atoms with van der Waals surface area (Å²) in [6.45, 7) is 3.25. The Balaban J connectivity index is 2.51. The van der Waals surface area contributed by atoms with Gasteiger partial charge in [0.05, 0.1) is 6.61 Å². The first-order valence-electron chi connectivity index (χ1n) is 21.0. The van der Waals surface area contributed by atoms with E-state index in [0.29, 0.717) is 12.8 Å². The number of hydrogen-bond acceptors (Lipinski definition) is 12. The molecule has 13 nitrogen and oxygen atoms in total. The van der Waals surface area contributed by atoms with Crippen LogP contribution < -0.4 is 0 Å². The van der Waals surface area contributed by atoms with E-state index < -0.39 is 75.7 Å². The number of carbonyl (C=O) groups excluding carboxylic acids is 2. The maximum Gasteiger partial charge on any atom is 0.472 e. The number of phosphoric acid groups is 1. The van der Waals surface area contributed by atoms with E-state index in [9.17, 15) is 44.6 Å². The fourth-order valence-electron chi connectivity index (χ4n) is 6.40. The number of phosphoric ester groups is 1. The van der Waals surface area contributed by atoms with Gasteiger partial charge in [0.25, 0.3) is 0 Å². The van der Waals surface area contributed by atoms with E-state index >= 15 is 0 Å². The van der Waals surface area contributed by atoms with Crippen LogP contribution >= 0.6 is 7.82 Å². The van der Waals surface area contributed by atoms with Gasteiger partial charge in [-0.25, -0.2) is 4.57 Å². The highest BCUT2D eigenvalue weighted by Gasteiger charge is 2.51. The van der Waals surface area contributed by atoms with Crippen LogP contribution in [-0.2, 0) is 32.7 Å². The Kier molecular flexibility index (Phi) is 29.7. The lowest BCUT2D eigenvalue weighted by molar-refractivity contribution is -0.220. The molecule has 0 amide bonds. The highest BCUT2D eigenvalue weighted by atomic mass is 31.2. The monoisotopic (exact) mass is 794 g/mol. The van der Waals surface area contributed by atoms with Gasteiger partial charge >= 0.3 is 19.8 Å². The van der Waals surface area contributed by atoms with Crippen LogP contribution in [0, 0.1) is 0 Å². The molecule has 54 heavy (non-hydrogen) atoms. The predicted molar refractivity (Wildman–Crippen MR) is 207 cm³/mol. The van der Waals surface area contributed by atoms with Crippen molar-refractivity contribution >= 4 is 19.8 Å². The molecular formula is C40H75O13P. The van der Waals surface area contributed by atoms with Crippen molar-refractivity contribution < 1.29 is 63.1 Å². The van der Waals surface area contributed by atoms with E-state index in [1.807, 2.05) is 0 Å². The zero-order valence-corrected chi connectivity index (χ0v) is 34.2. The number of carbonyl (C=O) groups is 2. The largest absolute Gasteiger partial charge is 0.472 e. The third-order valence-electron chi connectivity index (χ3n) is 9.86. The molecule has 8 atom stereocenters. The van der Waals surface area contributed by atoms with Crippen molar-refractivity contribution in [3.63, 3.8) is 0 Å². The molecule has 0 aliphatic heterocycles. The lowest BCUT2D eigenvalue weighted by atomic mass is 9.85. The lowest BCUT2D eigenvalue weighted by Crippen LogP contribution is -2.64. The maximum atomic E-state index is 12.8. The van der Waals surface area contributed by atoms with Crippen LogP contribution in [0.25, 0.3) is 0 Å². The van der Waals surface area contributed by atoms with Gasteiger partial charge in [-0.3, -0.25) is 18.6 Å². The number of aliphatic hydroxyl groups excluding tert-OH is 5. The van der Waals surface area contributed by atoms with E-state index in [-0.39, 0.29) is 12.8 Å². The van der Waals surface area contributed by atoms with Gasteiger partial charge < -0.3 is 39.9 Å². The molecule has 0 aromatic rings. The van der Waals surface area contributed by atoms with Gasteiger partial charge in [0.2, 0.25) is 0 Å². The summed E-state index contributed by atoms with van der Waals surface area (Å²) in [5.74, 6) is -1.11. The summed E-state index contributed by atoms with van der Waals surface area (Å²) >= 11 is 0. The van der Waals surface area contributed by atoms with Crippen molar-refractivity contribution in [2.24, 2.45) is 0 Å². The molecule has 0 heterocycles. The molecule has 6 N–H and O–H groups in total. The summed E-state index contributed by atoms with van der Waals surface area (Å²) in [5.41, 5.74) is 0. The van der Waals surface area contributed by atoms with Crippen molar-refractivity contribution in [1.29, 1.82) is 0 Å². The fraction of sp³-hybridized carbons (Fsp3) is 0.900. The number of unbranched alkanes of at least 4 members (excludes halogenated alkanes) is 20. The van der Waals surface area contributed by atoms with E-state index in [0.717, 1.165) is 64.2 Å². The molecule has 1 aliphatic rings. The fourth-order valence-corrected chi connectivity index (χ4v) is 7.37. The van der Waals surface area contributed by atoms with Gasteiger partial charge in [-0.1, -0.05) is 135 Å². The normalized spacial score (nSPS) is 23.3. The molecule has 318 valence electrons. The van der Waals surface area contributed by atoms with E-state index in [2.05, 4.69) is 26.0 Å². The SMILES string of the molecule is CCCCCC/C=C\CCCCCCCC(=O)OC[C@H](COP(=O)(O)OC1C(O)C(O)C(O)[C@@H](O)C1O)OC(=O)CCCCCCCCCCCCCC. The molecule has 0 saturated heterocycles. The first-order chi connectivity index (χ1) is 25.9. The number of rotatable bonds is 34. The molecular weight excluding hydrogens is 719 g/mol. The van der Waals surface area contributed by atoms with Crippen LogP contribution in [0.5, 0.6) is 0 Å². The van der Waals surface area contributed by atoms with Gasteiger partial charge in [0.1, 0.15) is 43.2 Å². The standard InChI is InChI=1S/C40H75O13P/c1-3-5-7-9-11-13-15-17-19-20-22-24-26-28-33(41)50-30-32(52-34(42)29-27-25-23-21-18-16-14-12-10-8-6-4-2)31-51-54(48,49)53-40-38(46)36(44)35(43)37(45)39(40)47/h13,15,32,35-40,43-47H,3-12,14,16-31H2,1-2H3,(H,48,49)/b15-13-/t32-,35?,36-,37?,38?,39?,40?/m1/s1. The smallest absolute Gasteiger partial charge is 0.462 e. The quantitative estimate of drug-likeness (QED) is 0.0166. The van der Waals surface area contributed by atoms with E-state index in [1.54, 1.807) is 0 Å². The van der Waals surface area contributed by atoms with E-state index in [1.165, 1.54) is 70.6 Å².